The molecule has 1 nitrogen and oxygen atoms in total. The molecule has 0 aliphatic heterocycles. The monoisotopic (exact) mass is 284 g/mol. The van der Waals surface area contributed by atoms with Crippen molar-refractivity contribution in [3.63, 3.8) is 0 Å². The normalized spacial score (nSPS) is 21.3. The molecule has 1 N–H and O–H groups in total. The fourth-order valence-corrected chi connectivity index (χ4v) is 3.60. The van der Waals surface area contributed by atoms with Gasteiger partial charge in [0.15, 0.2) is 0 Å². The van der Waals surface area contributed by atoms with Crippen LogP contribution in [0.2, 0.25) is 10.0 Å². The zero-order chi connectivity index (χ0) is 12.7. The number of halogens is 2. The molecule has 2 fully saturated rings. The molecule has 1 atom stereocenters. The van der Waals surface area contributed by atoms with Crippen LogP contribution >= 0.6 is 23.2 Å². The van der Waals surface area contributed by atoms with E-state index in [1.54, 1.807) is 0 Å². The van der Waals surface area contributed by atoms with Gasteiger partial charge in [-0.05, 0) is 61.1 Å². The fourth-order valence-electron chi connectivity index (χ4n) is 3.05. The predicted molar refractivity (Wildman–Crippen MR) is 75.1 cm³/mol. The minimum atomic E-state index is -0.289. The lowest BCUT2D eigenvalue weighted by Gasteiger charge is -2.23. The number of benzene rings is 1. The van der Waals surface area contributed by atoms with Gasteiger partial charge < -0.3 is 5.11 Å². The summed E-state index contributed by atoms with van der Waals surface area (Å²) in [5.74, 6) is 1.96. The second kappa shape index (κ2) is 5.03. The molecule has 0 amide bonds. The van der Waals surface area contributed by atoms with Crippen molar-refractivity contribution in [1.82, 2.24) is 0 Å². The maximum absolute atomic E-state index is 10.5. The Balaban J connectivity index is 1.74. The minimum absolute atomic E-state index is 0.289. The molecule has 2 saturated carbocycles. The third-order valence-electron chi connectivity index (χ3n) is 4.25. The molecule has 0 aromatic heterocycles. The van der Waals surface area contributed by atoms with E-state index in [2.05, 4.69) is 0 Å². The zero-order valence-corrected chi connectivity index (χ0v) is 11.8. The summed E-state index contributed by atoms with van der Waals surface area (Å²) in [5.41, 5.74) is 0.902. The SMILES string of the molecule is OC(Cc1c(Cl)cccc1Cl)C(C1CC1)C1CC1. The van der Waals surface area contributed by atoms with Gasteiger partial charge in [0.2, 0.25) is 0 Å². The van der Waals surface area contributed by atoms with Crippen molar-refractivity contribution < 1.29 is 5.11 Å². The third-order valence-corrected chi connectivity index (χ3v) is 4.96. The Kier molecular flexibility index (Phi) is 3.57. The van der Waals surface area contributed by atoms with Crippen LogP contribution in [0.5, 0.6) is 0 Å². The van der Waals surface area contributed by atoms with Gasteiger partial charge in [-0.1, -0.05) is 29.3 Å². The maximum Gasteiger partial charge on any atom is 0.0615 e. The summed E-state index contributed by atoms with van der Waals surface area (Å²) in [6.45, 7) is 0. The molecule has 0 heterocycles. The highest BCUT2D eigenvalue weighted by Gasteiger charge is 2.45. The quantitative estimate of drug-likeness (QED) is 0.853. The van der Waals surface area contributed by atoms with Crippen molar-refractivity contribution in [2.75, 3.05) is 0 Å². The second-order valence-electron chi connectivity index (χ2n) is 5.72. The molecule has 98 valence electrons. The summed E-state index contributed by atoms with van der Waals surface area (Å²) >= 11 is 12.3. The van der Waals surface area contributed by atoms with Crippen LogP contribution in [0.1, 0.15) is 31.2 Å². The summed E-state index contributed by atoms with van der Waals surface area (Å²) in [7, 11) is 0. The molecule has 1 aromatic carbocycles. The van der Waals surface area contributed by atoms with Gasteiger partial charge in [0.1, 0.15) is 0 Å². The summed E-state index contributed by atoms with van der Waals surface area (Å²) in [6.07, 6.45) is 5.45. The van der Waals surface area contributed by atoms with Crippen molar-refractivity contribution in [3.05, 3.63) is 33.8 Å². The van der Waals surface area contributed by atoms with Crippen LogP contribution in [0.3, 0.4) is 0 Å². The van der Waals surface area contributed by atoms with Crippen LogP contribution in [-0.4, -0.2) is 11.2 Å². The predicted octanol–water partition coefficient (Wildman–Crippen LogP) is 4.33. The molecular formula is C15H18Cl2O. The first-order chi connectivity index (χ1) is 8.66. The Labute approximate surface area is 118 Å². The molecule has 18 heavy (non-hydrogen) atoms. The van der Waals surface area contributed by atoms with Crippen LogP contribution in [-0.2, 0) is 6.42 Å². The van der Waals surface area contributed by atoms with Crippen LogP contribution < -0.4 is 0 Å². The first-order valence-corrected chi connectivity index (χ1v) is 7.53. The van der Waals surface area contributed by atoms with Crippen molar-refractivity contribution in [3.8, 4) is 0 Å². The average molecular weight is 285 g/mol. The van der Waals surface area contributed by atoms with E-state index in [4.69, 9.17) is 23.2 Å². The van der Waals surface area contributed by atoms with E-state index in [9.17, 15) is 5.11 Å². The Hall–Kier alpha value is -0.240. The van der Waals surface area contributed by atoms with E-state index in [1.807, 2.05) is 18.2 Å². The standard InChI is InChI=1S/C15H18Cl2O/c16-12-2-1-3-13(17)11(12)8-14(18)15(9-4-5-9)10-6-7-10/h1-3,9-10,14-15,18H,4-8H2. The van der Waals surface area contributed by atoms with Crippen LogP contribution in [0, 0.1) is 17.8 Å². The maximum atomic E-state index is 10.5. The van der Waals surface area contributed by atoms with Crippen molar-refractivity contribution in [2.24, 2.45) is 17.8 Å². The first kappa shape index (κ1) is 12.8. The van der Waals surface area contributed by atoms with Crippen LogP contribution in [0.4, 0.5) is 0 Å². The van der Waals surface area contributed by atoms with Gasteiger partial charge in [0.25, 0.3) is 0 Å². The lowest BCUT2D eigenvalue weighted by atomic mass is 9.88. The highest BCUT2D eigenvalue weighted by atomic mass is 35.5. The summed E-state index contributed by atoms with van der Waals surface area (Å²) in [5, 5.41) is 11.9. The van der Waals surface area contributed by atoms with E-state index >= 15 is 0 Å². The zero-order valence-electron chi connectivity index (χ0n) is 10.3. The van der Waals surface area contributed by atoms with Gasteiger partial charge in [-0.3, -0.25) is 0 Å². The molecule has 1 unspecified atom stereocenters. The van der Waals surface area contributed by atoms with Gasteiger partial charge in [-0.2, -0.15) is 0 Å². The first-order valence-electron chi connectivity index (χ1n) is 6.77. The summed E-state index contributed by atoms with van der Waals surface area (Å²) in [4.78, 5) is 0. The van der Waals surface area contributed by atoms with Crippen molar-refractivity contribution in [2.45, 2.75) is 38.2 Å². The van der Waals surface area contributed by atoms with Crippen LogP contribution in [0.15, 0.2) is 18.2 Å². The number of hydrogen-bond donors (Lipinski definition) is 1. The number of aliphatic hydroxyl groups is 1. The Morgan fingerprint density at radius 2 is 1.56 bits per heavy atom. The number of hydrogen-bond acceptors (Lipinski definition) is 1. The molecule has 2 aliphatic rings. The Morgan fingerprint density at radius 3 is 2.00 bits per heavy atom. The van der Waals surface area contributed by atoms with E-state index in [0.29, 0.717) is 22.4 Å². The van der Waals surface area contributed by atoms with Gasteiger partial charge in [0.05, 0.1) is 6.10 Å². The Morgan fingerprint density at radius 1 is 1.06 bits per heavy atom. The molecule has 3 rings (SSSR count). The van der Waals surface area contributed by atoms with Crippen molar-refractivity contribution in [1.29, 1.82) is 0 Å². The molecule has 0 radical (unpaired) electrons. The fraction of sp³-hybridized carbons (Fsp3) is 0.600. The number of rotatable bonds is 5. The Bertz CT molecular complexity index is 406. The largest absolute Gasteiger partial charge is 0.392 e. The molecule has 0 spiro atoms. The summed E-state index contributed by atoms with van der Waals surface area (Å²) in [6, 6.07) is 5.54. The molecule has 0 bridgehead atoms. The summed E-state index contributed by atoms with van der Waals surface area (Å²) < 4.78 is 0. The third kappa shape index (κ3) is 2.68. The minimum Gasteiger partial charge on any atom is -0.392 e. The second-order valence-corrected chi connectivity index (χ2v) is 6.54. The highest BCUT2D eigenvalue weighted by molar-refractivity contribution is 6.35. The molecule has 1 aromatic rings. The molecule has 0 saturated heterocycles. The van der Waals surface area contributed by atoms with Gasteiger partial charge in [0, 0.05) is 16.5 Å². The molecular weight excluding hydrogens is 267 g/mol. The van der Waals surface area contributed by atoms with E-state index in [1.165, 1.54) is 25.7 Å². The lowest BCUT2D eigenvalue weighted by Crippen LogP contribution is -2.26. The van der Waals surface area contributed by atoms with E-state index < -0.39 is 0 Å². The smallest absolute Gasteiger partial charge is 0.0615 e. The number of aliphatic hydroxyl groups excluding tert-OH is 1. The molecule has 3 heteroatoms. The highest BCUT2D eigenvalue weighted by Crippen LogP contribution is 2.51. The average Bonchev–Trinajstić information content (AvgIpc) is 3.17. The van der Waals surface area contributed by atoms with Gasteiger partial charge in [-0.25, -0.2) is 0 Å². The molecule has 2 aliphatic carbocycles. The van der Waals surface area contributed by atoms with E-state index in [-0.39, 0.29) is 6.10 Å². The van der Waals surface area contributed by atoms with Gasteiger partial charge >= 0.3 is 0 Å². The van der Waals surface area contributed by atoms with Crippen LogP contribution in [0.25, 0.3) is 0 Å². The van der Waals surface area contributed by atoms with E-state index in [0.717, 1.165) is 17.4 Å². The van der Waals surface area contributed by atoms with Crippen molar-refractivity contribution >= 4 is 23.2 Å². The van der Waals surface area contributed by atoms with Gasteiger partial charge in [-0.15, -0.1) is 0 Å². The lowest BCUT2D eigenvalue weighted by molar-refractivity contribution is 0.0825. The topological polar surface area (TPSA) is 20.2 Å².